The number of nitrogens with zero attached hydrogens (tertiary/aromatic N) is 1. The lowest BCUT2D eigenvalue weighted by molar-refractivity contribution is -0.136. The van der Waals surface area contributed by atoms with Crippen LogP contribution >= 0.6 is 11.8 Å². The van der Waals surface area contributed by atoms with Gasteiger partial charge >= 0.3 is 5.97 Å². The Kier molecular flexibility index (Phi) is 5.93. The number of aromatic amines is 1. The topological polar surface area (TPSA) is 84.1 Å². The number of aryl methyl sites for hydroxylation is 1. The van der Waals surface area contributed by atoms with Crippen LogP contribution in [0.3, 0.4) is 0 Å². The molecule has 1 atom stereocenters. The number of carbonyl (C=O) groups is 1. The predicted molar refractivity (Wildman–Crippen MR) is 112 cm³/mol. The summed E-state index contributed by atoms with van der Waals surface area (Å²) in [6.07, 6.45) is 0. The van der Waals surface area contributed by atoms with Gasteiger partial charge in [0.1, 0.15) is 5.82 Å². The van der Waals surface area contributed by atoms with Gasteiger partial charge in [0.15, 0.2) is 5.16 Å². The Morgan fingerprint density at radius 2 is 2.00 bits per heavy atom. The molecule has 0 unspecified atom stereocenters. The highest BCUT2D eigenvalue weighted by molar-refractivity contribution is 7.99. The number of nitrogens with one attached hydrogen (secondary N) is 2. The third-order valence-electron chi connectivity index (χ3n) is 4.68. The second-order valence-electron chi connectivity index (χ2n) is 7.28. The van der Waals surface area contributed by atoms with Crippen molar-refractivity contribution >= 4 is 23.5 Å². The molecule has 0 amide bonds. The zero-order valence-electron chi connectivity index (χ0n) is 16.8. The summed E-state index contributed by atoms with van der Waals surface area (Å²) >= 11 is 1.51. The molecular weight excluding hydrogens is 374 g/mol. The number of methoxy groups -OCH3 is 1. The van der Waals surface area contributed by atoms with Crippen LogP contribution in [0.25, 0.3) is 0 Å². The molecule has 28 heavy (non-hydrogen) atoms. The third kappa shape index (κ3) is 3.85. The van der Waals surface area contributed by atoms with Crippen LogP contribution < -0.4 is 10.9 Å². The first-order valence-electron chi connectivity index (χ1n) is 9.22. The van der Waals surface area contributed by atoms with Gasteiger partial charge in [-0.25, -0.2) is 9.78 Å². The molecule has 6 nitrogen and oxygen atoms in total. The fourth-order valence-corrected chi connectivity index (χ4v) is 4.16. The summed E-state index contributed by atoms with van der Waals surface area (Å²) in [4.78, 5) is 33.2. The van der Waals surface area contributed by atoms with Crippen LogP contribution in [0.4, 0.5) is 5.82 Å². The van der Waals surface area contributed by atoms with E-state index in [9.17, 15) is 9.59 Å². The molecule has 0 fully saturated rings. The van der Waals surface area contributed by atoms with Gasteiger partial charge in [-0.2, -0.15) is 0 Å². The molecular formula is C21H25N3O3S. The Morgan fingerprint density at radius 1 is 1.29 bits per heavy atom. The molecule has 0 saturated heterocycles. The van der Waals surface area contributed by atoms with Gasteiger partial charge in [-0.1, -0.05) is 49.9 Å². The highest BCUT2D eigenvalue weighted by Gasteiger charge is 2.36. The van der Waals surface area contributed by atoms with Crippen molar-refractivity contribution in [3.8, 4) is 0 Å². The van der Waals surface area contributed by atoms with E-state index in [1.165, 1.54) is 18.9 Å². The van der Waals surface area contributed by atoms with E-state index in [1.807, 2.05) is 38.1 Å². The number of thioether (sulfide) groups is 1. The van der Waals surface area contributed by atoms with Gasteiger partial charge in [0, 0.05) is 11.4 Å². The minimum atomic E-state index is -0.537. The van der Waals surface area contributed by atoms with Gasteiger partial charge in [-0.05, 0) is 30.9 Å². The standard InChI is InChI=1S/C21H25N3O3S/c1-11(2)10-28-21-23-18-17(19(25)24-21)16(14-9-7-6-8-12(14)3)15(13(4)22-18)20(26)27-5/h6-9,11,16H,10H2,1-5H3,(H2,22,23,24,25)/t16-/m1/s1. The highest BCUT2D eigenvalue weighted by atomic mass is 32.2. The van der Waals surface area contributed by atoms with Crippen LogP contribution in [0.5, 0.6) is 0 Å². The maximum atomic E-state index is 13.1. The fourth-order valence-electron chi connectivity index (χ4n) is 3.35. The number of hydrogen-bond donors (Lipinski definition) is 2. The van der Waals surface area contributed by atoms with Crippen molar-refractivity contribution in [1.82, 2.24) is 9.97 Å². The average molecular weight is 400 g/mol. The number of anilines is 1. The summed E-state index contributed by atoms with van der Waals surface area (Å²) in [5, 5.41) is 3.72. The van der Waals surface area contributed by atoms with Crippen LogP contribution in [0.15, 0.2) is 45.5 Å². The molecule has 1 aliphatic heterocycles. The summed E-state index contributed by atoms with van der Waals surface area (Å²) in [5.41, 5.74) is 3.15. The first-order chi connectivity index (χ1) is 13.3. The summed E-state index contributed by atoms with van der Waals surface area (Å²) in [5.74, 6) is 0.831. The maximum Gasteiger partial charge on any atom is 0.336 e. The number of esters is 1. The van der Waals surface area contributed by atoms with Gasteiger partial charge in [0.2, 0.25) is 0 Å². The highest BCUT2D eigenvalue weighted by Crippen LogP contribution is 2.41. The monoisotopic (exact) mass is 399 g/mol. The van der Waals surface area contributed by atoms with E-state index in [0.717, 1.165) is 16.9 Å². The summed E-state index contributed by atoms with van der Waals surface area (Å²) in [6, 6.07) is 7.74. The molecule has 3 rings (SSSR count). The lowest BCUT2D eigenvalue weighted by atomic mass is 9.80. The fraction of sp³-hybridized carbons (Fsp3) is 0.381. The maximum absolute atomic E-state index is 13.1. The quantitative estimate of drug-likeness (QED) is 0.452. The molecule has 0 bridgehead atoms. The van der Waals surface area contributed by atoms with Crippen LogP contribution in [-0.2, 0) is 9.53 Å². The molecule has 1 aliphatic rings. The number of aromatic nitrogens is 2. The zero-order chi connectivity index (χ0) is 20.4. The Labute approximate surface area is 168 Å². The van der Waals surface area contributed by atoms with E-state index in [1.54, 1.807) is 0 Å². The SMILES string of the molecule is COC(=O)C1=C(C)Nc2nc(SCC(C)C)[nH]c(=O)c2[C@@H]1c1ccccc1C. The van der Waals surface area contributed by atoms with E-state index in [-0.39, 0.29) is 5.56 Å². The predicted octanol–water partition coefficient (Wildman–Crippen LogP) is 3.83. The third-order valence-corrected chi connectivity index (χ3v) is 5.98. The number of ether oxygens (including phenoxy) is 1. The summed E-state index contributed by atoms with van der Waals surface area (Å²) in [6.45, 7) is 8.01. The van der Waals surface area contributed by atoms with E-state index >= 15 is 0 Å². The largest absolute Gasteiger partial charge is 0.466 e. The molecule has 7 heteroatoms. The number of rotatable bonds is 5. The van der Waals surface area contributed by atoms with Crippen molar-refractivity contribution in [2.75, 3.05) is 18.2 Å². The minimum Gasteiger partial charge on any atom is -0.466 e. The summed E-state index contributed by atoms with van der Waals surface area (Å²) < 4.78 is 5.02. The number of fused-ring (bicyclic) bond motifs is 1. The van der Waals surface area contributed by atoms with Crippen molar-refractivity contribution in [2.24, 2.45) is 5.92 Å². The van der Waals surface area contributed by atoms with Gasteiger partial charge in [0.25, 0.3) is 5.56 Å². The van der Waals surface area contributed by atoms with Crippen molar-refractivity contribution in [1.29, 1.82) is 0 Å². The molecule has 0 saturated carbocycles. The van der Waals surface area contributed by atoms with Crippen LogP contribution in [-0.4, -0.2) is 28.8 Å². The van der Waals surface area contributed by atoms with Crippen LogP contribution in [0.1, 0.15) is 43.4 Å². The van der Waals surface area contributed by atoms with Gasteiger partial charge < -0.3 is 15.0 Å². The molecule has 2 N–H and O–H groups in total. The lowest BCUT2D eigenvalue weighted by Crippen LogP contribution is -2.31. The minimum absolute atomic E-state index is 0.245. The Hall–Kier alpha value is -2.54. The normalized spacial score (nSPS) is 16.0. The average Bonchev–Trinajstić information content (AvgIpc) is 2.65. The number of allylic oxidation sites excluding steroid dienone is 1. The first-order valence-corrected chi connectivity index (χ1v) is 10.2. The molecule has 0 aliphatic carbocycles. The number of benzene rings is 1. The van der Waals surface area contributed by atoms with Crippen molar-refractivity contribution in [3.63, 3.8) is 0 Å². The number of H-pyrrole nitrogens is 1. The molecule has 1 aromatic heterocycles. The lowest BCUT2D eigenvalue weighted by Gasteiger charge is -2.29. The Bertz CT molecular complexity index is 995. The van der Waals surface area contributed by atoms with E-state index in [0.29, 0.717) is 33.7 Å². The molecule has 1 aromatic carbocycles. The van der Waals surface area contributed by atoms with Gasteiger partial charge in [-0.3, -0.25) is 4.79 Å². The Morgan fingerprint density at radius 3 is 2.64 bits per heavy atom. The number of carbonyl (C=O) groups excluding carboxylic acids is 1. The van der Waals surface area contributed by atoms with Crippen LogP contribution in [0.2, 0.25) is 0 Å². The molecule has 0 spiro atoms. The van der Waals surface area contributed by atoms with E-state index < -0.39 is 11.9 Å². The summed E-state index contributed by atoms with van der Waals surface area (Å²) in [7, 11) is 1.35. The molecule has 148 valence electrons. The van der Waals surface area contributed by atoms with E-state index in [4.69, 9.17) is 4.74 Å². The zero-order valence-corrected chi connectivity index (χ0v) is 17.6. The smallest absolute Gasteiger partial charge is 0.336 e. The molecule has 2 aromatic rings. The second-order valence-corrected chi connectivity index (χ2v) is 8.29. The molecule has 0 radical (unpaired) electrons. The van der Waals surface area contributed by atoms with Crippen molar-refractivity contribution in [3.05, 3.63) is 62.6 Å². The second kappa shape index (κ2) is 8.22. The van der Waals surface area contributed by atoms with Crippen molar-refractivity contribution < 1.29 is 9.53 Å². The first kappa shape index (κ1) is 20.2. The van der Waals surface area contributed by atoms with Crippen molar-refractivity contribution in [2.45, 2.75) is 38.8 Å². The van der Waals surface area contributed by atoms with E-state index in [2.05, 4.69) is 29.1 Å². The molecule has 2 heterocycles. The van der Waals surface area contributed by atoms with Crippen LogP contribution in [0, 0.1) is 12.8 Å². The Balaban J connectivity index is 2.20. The van der Waals surface area contributed by atoms with Gasteiger partial charge in [0.05, 0.1) is 24.2 Å². The van der Waals surface area contributed by atoms with Gasteiger partial charge in [-0.15, -0.1) is 0 Å². The number of hydrogen-bond acceptors (Lipinski definition) is 6.